The molecule has 0 amide bonds. The minimum atomic E-state index is -0.152. The summed E-state index contributed by atoms with van der Waals surface area (Å²) in [6, 6.07) is 17.5. The molecule has 0 bridgehead atoms. The van der Waals surface area contributed by atoms with Gasteiger partial charge in [0.25, 0.3) is 0 Å². The summed E-state index contributed by atoms with van der Waals surface area (Å²) >= 11 is 0. The van der Waals surface area contributed by atoms with Gasteiger partial charge in [-0.25, -0.2) is 9.78 Å². The van der Waals surface area contributed by atoms with Crippen LogP contribution in [0.25, 0.3) is 11.3 Å². The number of aromatic nitrogens is 3. The Labute approximate surface area is 151 Å². The molecular weight excluding hydrogens is 326 g/mol. The molecule has 0 spiro atoms. The smallest absolute Gasteiger partial charge is 0.338 e. The SMILES string of the molecule is Cc1ccc(-n2ccc3nc(COc4cccc(C)c4)cn3c2=O)cc1. The summed E-state index contributed by atoms with van der Waals surface area (Å²) in [5.74, 6) is 0.791. The molecule has 2 aromatic carbocycles. The Hall–Kier alpha value is -3.34. The lowest BCUT2D eigenvalue weighted by atomic mass is 10.2. The first-order valence-electron chi connectivity index (χ1n) is 8.46. The zero-order chi connectivity index (χ0) is 18.1. The van der Waals surface area contributed by atoms with Gasteiger partial charge in [-0.3, -0.25) is 8.97 Å². The van der Waals surface area contributed by atoms with Crippen LogP contribution in [0.5, 0.6) is 5.75 Å². The molecule has 4 rings (SSSR count). The van der Waals surface area contributed by atoms with Gasteiger partial charge in [0.15, 0.2) is 0 Å². The van der Waals surface area contributed by atoms with E-state index in [1.54, 1.807) is 21.4 Å². The molecule has 0 N–H and O–H groups in total. The van der Waals surface area contributed by atoms with E-state index in [2.05, 4.69) is 4.98 Å². The number of benzene rings is 2. The molecule has 0 radical (unpaired) electrons. The van der Waals surface area contributed by atoms with Crippen molar-refractivity contribution in [3.63, 3.8) is 0 Å². The van der Waals surface area contributed by atoms with Crippen LogP contribution in [0.3, 0.4) is 0 Å². The highest BCUT2D eigenvalue weighted by molar-refractivity contribution is 5.41. The third kappa shape index (κ3) is 3.11. The summed E-state index contributed by atoms with van der Waals surface area (Å²) < 4.78 is 8.95. The molecule has 0 aliphatic rings. The number of hydrogen-bond donors (Lipinski definition) is 0. The minimum absolute atomic E-state index is 0.152. The molecule has 130 valence electrons. The fourth-order valence-electron chi connectivity index (χ4n) is 2.87. The molecule has 0 aliphatic carbocycles. The van der Waals surface area contributed by atoms with Crippen LogP contribution in [0.1, 0.15) is 16.8 Å². The summed E-state index contributed by atoms with van der Waals surface area (Å²) in [6.45, 7) is 4.35. The summed E-state index contributed by atoms with van der Waals surface area (Å²) in [5.41, 5.74) is 4.29. The lowest BCUT2D eigenvalue weighted by Crippen LogP contribution is -2.24. The van der Waals surface area contributed by atoms with Crippen LogP contribution in [-0.2, 0) is 6.61 Å². The molecule has 5 nitrogen and oxygen atoms in total. The van der Waals surface area contributed by atoms with Gasteiger partial charge in [-0.05, 0) is 49.7 Å². The largest absolute Gasteiger partial charge is 0.487 e. The van der Waals surface area contributed by atoms with Crippen LogP contribution in [0.2, 0.25) is 0 Å². The van der Waals surface area contributed by atoms with Gasteiger partial charge in [0, 0.05) is 12.4 Å². The first kappa shape index (κ1) is 16.1. The maximum atomic E-state index is 12.8. The predicted octanol–water partition coefficient (Wildman–Crippen LogP) is 3.68. The lowest BCUT2D eigenvalue weighted by molar-refractivity contribution is 0.302. The number of rotatable bonds is 4. The third-order valence-electron chi connectivity index (χ3n) is 4.26. The van der Waals surface area contributed by atoms with E-state index in [9.17, 15) is 4.79 Å². The maximum absolute atomic E-state index is 12.8. The molecular formula is C21H19N3O2. The average molecular weight is 345 g/mol. The van der Waals surface area contributed by atoms with Crippen molar-refractivity contribution < 1.29 is 4.74 Å². The van der Waals surface area contributed by atoms with E-state index >= 15 is 0 Å². The van der Waals surface area contributed by atoms with Crippen LogP contribution < -0.4 is 10.4 Å². The molecule has 0 saturated heterocycles. The highest BCUT2D eigenvalue weighted by Gasteiger charge is 2.08. The van der Waals surface area contributed by atoms with Crippen molar-refractivity contribution in [1.29, 1.82) is 0 Å². The summed E-state index contributed by atoms with van der Waals surface area (Å²) in [5, 5.41) is 0. The Kier molecular flexibility index (Phi) is 4.05. The Morgan fingerprint density at radius 2 is 1.81 bits per heavy atom. The average Bonchev–Trinajstić information content (AvgIpc) is 3.06. The van der Waals surface area contributed by atoms with Gasteiger partial charge in [0.05, 0.1) is 11.4 Å². The Morgan fingerprint density at radius 1 is 1.00 bits per heavy atom. The molecule has 0 fully saturated rings. The fraction of sp³-hybridized carbons (Fsp3) is 0.143. The van der Waals surface area contributed by atoms with Crippen molar-refractivity contribution in [3.8, 4) is 11.4 Å². The zero-order valence-corrected chi connectivity index (χ0v) is 14.7. The first-order chi connectivity index (χ1) is 12.6. The molecule has 0 saturated carbocycles. The number of fused-ring (bicyclic) bond motifs is 1. The number of aryl methyl sites for hydroxylation is 2. The summed E-state index contributed by atoms with van der Waals surface area (Å²) in [4.78, 5) is 17.3. The molecule has 4 aromatic rings. The quantitative estimate of drug-likeness (QED) is 0.567. The predicted molar refractivity (Wildman–Crippen MR) is 101 cm³/mol. The van der Waals surface area contributed by atoms with Crippen LogP contribution in [-0.4, -0.2) is 14.0 Å². The topological polar surface area (TPSA) is 48.5 Å². The highest BCUT2D eigenvalue weighted by atomic mass is 16.5. The van der Waals surface area contributed by atoms with Crippen molar-refractivity contribution in [1.82, 2.24) is 14.0 Å². The summed E-state index contributed by atoms with van der Waals surface area (Å²) in [7, 11) is 0. The summed E-state index contributed by atoms with van der Waals surface area (Å²) in [6.07, 6.45) is 3.48. The molecule has 0 atom stereocenters. The van der Waals surface area contributed by atoms with Crippen molar-refractivity contribution in [2.45, 2.75) is 20.5 Å². The van der Waals surface area contributed by atoms with Gasteiger partial charge < -0.3 is 4.74 Å². The van der Waals surface area contributed by atoms with Crippen molar-refractivity contribution in [2.75, 3.05) is 0 Å². The maximum Gasteiger partial charge on any atom is 0.338 e. The number of imidazole rings is 1. The second-order valence-electron chi connectivity index (χ2n) is 6.37. The van der Waals surface area contributed by atoms with Crippen LogP contribution in [0.4, 0.5) is 0 Å². The Morgan fingerprint density at radius 3 is 2.58 bits per heavy atom. The van der Waals surface area contributed by atoms with Gasteiger partial charge in [-0.15, -0.1) is 0 Å². The zero-order valence-electron chi connectivity index (χ0n) is 14.7. The molecule has 5 heteroatoms. The van der Waals surface area contributed by atoms with Gasteiger partial charge in [-0.2, -0.15) is 0 Å². The van der Waals surface area contributed by atoms with Crippen molar-refractivity contribution in [3.05, 3.63) is 94.3 Å². The fourth-order valence-corrected chi connectivity index (χ4v) is 2.87. The van der Waals surface area contributed by atoms with E-state index < -0.39 is 0 Å². The van der Waals surface area contributed by atoms with Gasteiger partial charge in [-0.1, -0.05) is 29.8 Å². The van der Waals surface area contributed by atoms with Crippen LogP contribution in [0, 0.1) is 13.8 Å². The van der Waals surface area contributed by atoms with Gasteiger partial charge in [0.1, 0.15) is 18.0 Å². The number of nitrogens with zero attached hydrogens (tertiary/aromatic N) is 3. The Balaban J connectivity index is 1.64. The van der Waals surface area contributed by atoms with E-state index in [1.165, 1.54) is 0 Å². The van der Waals surface area contributed by atoms with E-state index in [4.69, 9.17) is 4.74 Å². The first-order valence-corrected chi connectivity index (χ1v) is 8.46. The molecule has 26 heavy (non-hydrogen) atoms. The van der Waals surface area contributed by atoms with Gasteiger partial charge >= 0.3 is 5.69 Å². The molecule has 0 aliphatic heterocycles. The monoisotopic (exact) mass is 345 g/mol. The lowest BCUT2D eigenvalue weighted by Gasteiger charge is -2.06. The number of ether oxygens (including phenoxy) is 1. The van der Waals surface area contributed by atoms with E-state index in [0.717, 1.165) is 22.6 Å². The molecule has 0 unspecified atom stereocenters. The second kappa shape index (κ2) is 6.52. The number of hydrogen-bond acceptors (Lipinski definition) is 3. The van der Waals surface area contributed by atoms with Gasteiger partial charge in [0.2, 0.25) is 0 Å². The van der Waals surface area contributed by atoms with E-state index in [1.807, 2.05) is 68.4 Å². The Bertz CT molecular complexity index is 1120. The van der Waals surface area contributed by atoms with Crippen molar-refractivity contribution >= 4 is 5.65 Å². The normalized spacial score (nSPS) is 11.0. The minimum Gasteiger partial charge on any atom is -0.487 e. The van der Waals surface area contributed by atoms with Crippen LogP contribution >= 0.6 is 0 Å². The van der Waals surface area contributed by atoms with Crippen molar-refractivity contribution in [2.24, 2.45) is 0 Å². The second-order valence-corrected chi connectivity index (χ2v) is 6.37. The highest BCUT2D eigenvalue weighted by Crippen LogP contribution is 2.15. The molecule has 2 aromatic heterocycles. The third-order valence-corrected chi connectivity index (χ3v) is 4.26. The van der Waals surface area contributed by atoms with E-state index in [-0.39, 0.29) is 5.69 Å². The van der Waals surface area contributed by atoms with Crippen LogP contribution in [0.15, 0.2) is 71.8 Å². The standard InChI is InChI=1S/C21H19N3O2/c1-15-6-8-18(9-7-15)23-11-10-20-22-17(13-24(20)21(23)25)14-26-19-5-3-4-16(2)12-19/h3-13H,14H2,1-2H3. The molecule has 2 heterocycles. The van der Waals surface area contributed by atoms with E-state index in [0.29, 0.717) is 17.9 Å².